The molecule has 3 N–H and O–H groups in total. The molecular weight excluding hydrogens is 394 g/mol. The van der Waals surface area contributed by atoms with Gasteiger partial charge in [0.05, 0.1) is 0 Å². The number of rotatable bonds is 6. The highest BCUT2D eigenvalue weighted by Crippen LogP contribution is 2.25. The molecular formula is C27H37N5. The Labute approximate surface area is 192 Å². The van der Waals surface area contributed by atoms with E-state index in [4.69, 9.17) is 4.99 Å². The van der Waals surface area contributed by atoms with Crippen molar-refractivity contribution in [3.8, 4) is 0 Å². The van der Waals surface area contributed by atoms with Crippen LogP contribution in [-0.2, 0) is 6.54 Å². The van der Waals surface area contributed by atoms with Crippen LogP contribution >= 0.6 is 0 Å². The number of para-hydroxylation sites is 1. The highest BCUT2D eigenvalue weighted by molar-refractivity contribution is 6.05. The Kier molecular flexibility index (Phi) is 7.04. The summed E-state index contributed by atoms with van der Waals surface area (Å²) in [7, 11) is 0. The number of amidine groups is 1. The van der Waals surface area contributed by atoms with Gasteiger partial charge in [-0.15, -0.1) is 0 Å². The molecule has 1 aliphatic carbocycles. The zero-order valence-corrected chi connectivity index (χ0v) is 19.1. The summed E-state index contributed by atoms with van der Waals surface area (Å²) in [5, 5.41) is 11.1. The second-order valence-electron chi connectivity index (χ2n) is 9.66. The van der Waals surface area contributed by atoms with Crippen molar-refractivity contribution in [2.45, 2.75) is 63.8 Å². The molecule has 2 aromatic carbocycles. The van der Waals surface area contributed by atoms with Crippen LogP contribution in [0.5, 0.6) is 0 Å². The Morgan fingerprint density at radius 1 is 0.875 bits per heavy atom. The smallest absolute Gasteiger partial charge is 0.176 e. The average Bonchev–Trinajstić information content (AvgIpc) is 2.85. The number of aliphatic imine (C=N–C) groups is 1. The number of piperidine rings is 1. The van der Waals surface area contributed by atoms with Gasteiger partial charge in [0.1, 0.15) is 5.84 Å². The Bertz CT molecular complexity index is 882. The van der Waals surface area contributed by atoms with E-state index in [1.165, 1.54) is 48.9 Å². The predicted molar refractivity (Wildman–Crippen MR) is 133 cm³/mol. The molecule has 1 saturated carbocycles. The fourth-order valence-corrected chi connectivity index (χ4v) is 5.35. The van der Waals surface area contributed by atoms with Gasteiger partial charge in [0.2, 0.25) is 0 Å². The van der Waals surface area contributed by atoms with Crippen molar-refractivity contribution in [1.29, 1.82) is 0 Å². The van der Waals surface area contributed by atoms with Gasteiger partial charge in [0.15, 0.2) is 6.29 Å². The highest BCUT2D eigenvalue weighted by atomic mass is 15.3. The van der Waals surface area contributed by atoms with Crippen LogP contribution in [0.3, 0.4) is 0 Å². The summed E-state index contributed by atoms with van der Waals surface area (Å²) in [4.78, 5) is 7.63. The predicted octanol–water partition coefficient (Wildman–Crippen LogP) is 4.57. The Balaban J connectivity index is 1.18. The molecule has 2 aliphatic heterocycles. The van der Waals surface area contributed by atoms with Crippen LogP contribution in [0.2, 0.25) is 0 Å². The van der Waals surface area contributed by atoms with E-state index in [0.717, 1.165) is 50.8 Å². The Morgan fingerprint density at radius 3 is 2.44 bits per heavy atom. The van der Waals surface area contributed by atoms with Crippen molar-refractivity contribution in [2.24, 2.45) is 10.9 Å². The summed E-state index contributed by atoms with van der Waals surface area (Å²) >= 11 is 0. The minimum atomic E-state index is -0.0486. The zero-order chi connectivity index (χ0) is 21.6. The lowest BCUT2D eigenvalue weighted by Crippen LogP contribution is -2.48. The SMILES string of the molecule is c1ccc(CN2CCC(NC3=NC(NCC4CCCCC4)Nc4ccccc43)CC2)cc1. The van der Waals surface area contributed by atoms with Crippen LogP contribution in [0.4, 0.5) is 5.69 Å². The number of likely N-dealkylation sites (tertiary alicyclic amines) is 1. The van der Waals surface area contributed by atoms with Crippen molar-refractivity contribution < 1.29 is 0 Å². The molecule has 0 spiro atoms. The number of hydrogen-bond acceptors (Lipinski definition) is 5. The van der Waals surface area contributed by atoms with Gasteiger partial charge in [-0.3, -0.25) is 10.2 Å². The third-order valence-electron chi connectivity index (χ3n) is 7.23. The summed E-state index contributed by atoms with van der Waals surface area (Å²) in [6, 6.07) is 19.9. The van der Waals surface area contributed by atoms with Crippen molar-refractivity contribution >= 4 is 11.5 Å². The molecule has 0 radical (unpaired) electrons. The van der Waals surface area contributed by atoms with Gasteiger partial charge in [-0.25, -0.2) is 4.99 Å². The molecule has 0 aromatic heterocycles. The molecule has 0 amide bonds. The molecule has 2 heterocycles. The third-order valence-corrected chi connectivity index (χ3v) is 7.23. The maximum atomic E-state index is 5.06. The second-order valence-corrected chi connectivity index (χ2v) is 9.66. The normalized spacial score (nSPS) is 22.6. The molecule has 5 heteroatoms. The summed E-state index contributed by atoms with van der Waals surface area (Å²) in [5.74, 6) is 1.84. The molecule has 2 aromatic rings. The van der Waals surface area contributed by atoms with E-state index in [-0.39, 0.29) is 6.29 Å². The molecule has 1 atom stereocenters. The lowest BCUT2D eigenvalue weighted by Gasteiger charge is -2.35. The van der Waals surface area contributed by atoms with Crippen molar-refractivity contribution in [3.05, 3.63) is 65.7 Å². The van der Waals surface area contributed by atoms with Gasteiger partial charge in [0.25, 0.3) is 0 Å². The lowest BCUT2D eigenvalue weighted by atomic mass is 9.89. The molecule has 5 nitrogen and oxygen atoms in total. The third kappa shape index (κ3) is 5.51. The van der Waals surface area contributed by atoms with E-state index in [0.29, 0.717) is 6.04 Å². The minimum absolute atomic E-state index is 0.0486. The molecule has 1 saturated heterocycles. The molecule has 5 rings (SSSR count). The van der Waals surface area contributed by atoms with Crippen molar-refractivity contribution in [1.82, 2.24) is 15.5 Å². The van der Waals surface area contributed by atoms with Crippen LogP contribution in [0.25, 0.3) is 0 Å². The quantitative estimate of drug-likeness (QED) is 0.627. The molecule has 170 valence electrons. The summed E-state index contributed by atoms with van der Waals surface area (Å²) in [6.45, 7) is 4.36. The van der Waals surface area contributed by atoms with Crippen LogP contribution < -0.4 is 16.0 Å². The van der Waals surface area contributed by atoms with Crippen molar-refractivity contribution in [3.63, 3.8) is 0 Å². The van der Waals surface area contributed by atoms with Crippen LogP contribution in [0.15, 0.2) is 59.6 Å². The maximum absolute atomic E-state index is 5.06. The van der Waals surface area contributed by atoms with E-state index in [1.54, 1.807) is 0 Å². The summed E-state index contributed by atoms with van der Waals surface area (Å²) < 4.78 is 0. The van der Waals surface area contributed by atoms with Crippen molar-refractivity contribution in [2.75, 3.05) is 25.0 Å². The molecule has 0 bridgehead atoms. The largest absolute Gasteiger partial charge is 0.367 e. The molecule has 3 aliphatic rings. The second kappa shape index (κ2) is 10.5. The first-order valence-corrected chi connectivity index (χ1v) is 12.5. The average molecular weight is 432 g/mol. The Morgan fingerprint density at radius 2 is 1.62 bits per heavy atom. The van der Waals surface area contributed by atoms with E-state index >= 15 is 0 Å². The zero-order valence-electron chi connectivity index (χ0n) is 19.1. The lowest BCUT2D eigenvalue weighted by molar-refractivity contribution is 0.199. The van der Waals surface area contributed by atoms with E-state index in [9.17, 15) is 0 Å². The summed E-state index contributed by atoms with van der Waals surface area (Å²) in [6.07, 6.45) is 9.14. The number of hydrogen-bond donors (Lipinski definition) is 3. The first kappa shape index (κ1) is 21.5. The van der Waals surface area contributed by atoms with Gasteiger partial charge in [0, 0.05) is 43.5 Å². The Hall–Kier alpha value is -2.37. The fraction of sp³-hybridized carbons (Fsp3) is 0.519. The number of benzene rings is 2. The minimum Gasteiger partial charge on any atom is -0.367 e. The highest BCUT2D eigenvalue weighted by Gasteiger charge is 2.25. The molecule has 1 unspecified atom stereocenters. The van der Waals surface area contributed by atoms with Gasteiger partial charge < -0.3 is 10.6 Å². The van der Waals surface area contributed by atoms with E-state index < -0.39 is 0 Å². The molecule has 2 fully saturated rings. The molecule has 32 heavy (non-hydrogen) atoms. The van der Waals surface area contributed by atoms with Crippen LogP contribution in [0.1, 0.15) is 56.1 Å². The fourth-order valence-electron chi connectivity index (χ4n) is 5.35. The van der Waals surface area contributed by atoms with Gasteiger partial charge in [-0.1, -0.05) is 61.7 Å². The van der Waals surface area contributed by atoms with E-state index in [1.807, 2.05) is 0 Å². The number of fused-ring (bicyclic) bond motifs is 1. The van der Waals surface area contributed by atoms with E-state index in [2.05, 4.69) is 75.4 Å². The maximum Gasteiger partial charge on any atom is 0.176 e. The standard InChI is InChI=1S/C27H37N5/c1-3-9-21(10-4-1)19-28-27-30-25-14-8-7-13-24(25)26(31-27)29-23-15-17-32(18-16-23)20-22-11-5-2-6-12-22/h2,5-8,11-14,21,23,27-28,30H,1,3-4,9-10,15-20H2,(H,29,31). The van der Waals surface area contributed by atoms with Crippen LogP contribution in [-0.4, -0.2) is 42.7 Å². The topological polar surface area (TPSA) is 51.7 Å². The number of nitrogens with one attached hydrogen (secondary N) is 3. The van der Waals surface area contributed by atoms with Gasteiger partial charge >= 0.3 is 0 Å². The first-order valence-electron chi connectivity index (χ1n) is 12.5. The van der Waals surface area contributed by atoms with Crippen LogP contribution in [0, 0.1) is 5.92 Å². The van der Waals surface area contributed by atoms with Gasteiger partial charge in [-0.05, 0) is 49.3 Å². The number of anilines is 1. The number of nitrogens with zero attached hydrogens (tertiary/aromatic N) is 2. The monoisotopic (exact) mass is 431 g/mol. The first-order chi connectivity index (χ1) is 15.8. The summed E-state index contributed by atoms with van der Waals surface area (Å²) in [5.41, 5.74) is 3.77. The van der Waals surface area contributed by atoms with Gasteiger partial charge in [-0.2, -0.15) is 0 Å².